The molecule has 1 unspecified atom stereocenters. The van der Waals surface area contributed by atoms with Gasteiger partial charge >= 0.3 is 0 Å². The number of carbonyl (C=O) groups is 3. The Kier molecular flexibility index (Phi) is 7.99. The number of hydrogen-bond acceptors (Lipinski definition) is 6. The molecule has 11 heteroatoms. The zero-order valence-electron chi connectivity index (χ0n) is 25.0. The molecule has 3 aromatic carbocycles. The zero-order chi connectivity index (χ0) is 31.7. The highest BCUT2D eigenvalue weighted by Gasteiger charge is 2.43. The quantitative estimate of drug-likeness (QED) is 0.236. The van der Waals surface area contributed by atoms with E-state index in [0.29, 0.717) is 22.8 Å². The number of amides is 3. The number of aromatic nitrogens is 3. The number of para-hydroxylation sites is 1. The minimum absolute atomic E-state index is 0.0496. The van der Waals surface area contributed by atoms with E-state index >= 15 is 0 Å². The molecule has 10 nitrogen and oxygen atoms in total. The number of pyridine rings is 1. The molecule has 0 saturated carbocycles. The van der Waals surface area contributed by atoms with Crippen LogP contribution in [0.2, 0.25) is 0 Å². The molecule has 1 atom stereocenters. The molecule has 228 valence electrons. The number of aromatic amines is 1. The number of carbonyl (C=O) groups excluding carboxylic acids is 3. The number of nitrogens with one attached hydrogen (secondary N) is 1. The molecule has 1 aliphatic heterocycles. The van der Waals surface area contributed by atoms with Crippen LogP contribution in [-0.4, -0.2) is 52.6 Å². The Balaban J connectivity index is 1.46. The Labute approximate surface area is 259 Å². The normalized spacial score (nSPS) is 14.9. The molecule has 2 aromatic heterocycles. The van der Waals surface area contributed by atoms with Crippen molar-refractivity contribution >= 4 is 51.4 Å². The first-order chi connectivity index (χ1) is 21.8. The standard InChI is InChI=1S/C34H31FN6O4/c1-21(2)40(23-11-13-25(45-3)14-12-23)32(42)20-39-30-15-10-22(35)17-31(30)41(24-7-6-16-36-19-24)34(44)27(33(39)43)18-29-26-8-4-5-9-28(26)37-38-29/h4-17,19,21,27H,18,20H2,1-3H3,(H,37,38). The summed E-state index contributed by atoms with van der Waals surface area (Å²) in [5, 5.41) is 8.15. The lowest BCUT2D eigenvalue weighted by Gasteiger charge is -2.31. The fraction of sp³-hybridized carbons (Fsp3) is 0.206. The summed E-state index contributed by atoms with van der Waals surface area (Å²) >= 11 is 0. The second kappa shape index (κ2) is 12.2. The predicted molar refractivity (Wildman–Crippen MR) is 169 cm³/mol. The van der Waals surface area contributed by atoms with Crippen molar-refractivity contribution in [3.05, 3.63) is 103 Å². The van der Waals surface area contributed by atoms with Crippen LogP contribution in [0.25, 0.3) is 10.9 Å². The smallest absolute Gasteiger partial charge is 0.247 e. The van der Waals surface area contributed by atoms with Gasteiger partial charge in [-0.3, -0.25) is 29.4 Å². The molecule has 5 aromatic rings. The molecular formula is C34H31FN6O4. The van der Waals surface area contributed by atoms with Crippen LogP contribution in [0.3, 0.4) is 0 Å². The SMILES string of the molecule is COc1ccc(N(C(=O)CN2C(=O)C(Cc3n[nH]c4ccccc34)C(=O)N(c3cccnc3)c3cc(F)ccc32)C(C)C)cc1. The van der Waals surface area contributed by atoms with E-state index in [-0.39, 0.29) is 29.7 Å². The lowest BCUT2D eigenvalue weighted by Crippen LogP contribution is -2.48. The first-order valence-corrected chi connectivity index (χ1v) is 14.5. The number of nitrogens with zero attached hydrogens (tertiary/aromatic N) is 5. The molecule has 0 bridgehead atoms. The van der Waals surface area contributed by atoms with E-state index in [2.05, 4.69) is 15.2 Å². The van der Waals surface area contributed by atoms with Crippen molar-refractivity contribution < 1.29 is 23.5 Å². The highest BCUT2D eigenvalue weighted by molar-refractivity contribution is 6.21. The van der Waals surface area contributed by atoms with Gasteiger partial charge in [-0.05, 0) is 68.4 Å². The molecule has 1 N–H and O–H groups in total. The number of fused-ring (bicyclic) bond motifs is 2. The van der Waals surface area contributed by atoms with Crippen molar-refractivity contribution in [3.8, 4) is 5.75 Å². The first-order valence-electron chi connectivity index (χ1n) is 14.5. The fourth-order valence-electron chi connectivity index (χ4n) is 5.73. The summed E-state index contributed by atoms with van der Waals surface area (Å²) in [6.07, 6.45) is 2.98. The van der Waals surface area contributed by atoms with Gasteiger partial charge in [-0.15, -0.1) is 0 Å². The first kappa shape index (κ1) is 29.5. The molecular weight excluding hydrogens is 575 g/mol. The molecule has 0 aliphatic carbocycles. The van der Waals surface area contributed by atoms with Crippen LogP contribution in [0, 0.1) is 11.7 Å². The van der Waals surface area contributed by atoms with Crippen molar-refractivity contribution in [2.45, 2.75) is 26.3 Å². The Bertz CT molecular complexity index is 1880. The average molecular weight is 607 g/mol. The van der Waals surface area contributed by atoms with Gasteiger partial charge in [-0.1, -0.05) is 18.2 Å². The Morgan fingerprint density at radius 1 is 1.00 bits per heavy atom. The van der Waals surface area contributed by atoms with Crippen LogP contribution < -0.4 is 19.4 Å². The van der Waals surface area contributed by atoms with Gasteiger partial charge in [-0.25, -0.2) is 4.39 Å². The van der Waals surface area contributed by atoms with E-state index in [1.807, 2.05) is 38.1 Å². The lowest BCUT2D eigenvalue weighted by molar-refractivity contribution is -0.132. The number of methoxy groups -OCH3 is 1. The summed E-state index contributed by atoms with van der Waals surface area (Å²) in [6, 6.07) is 21.3. The molecule has 0 fully saturated rings. The predicted octanol–water partition coefficient (Wildman–Crippen LogP) is 5.42. The number of halogens is 1. The summed E-state index contributed by atoms with van der Waals surface area (Å²) in [5.41, 5.74) is 2.60. The van der Waals surface area contributed by atoms with Gasteiger partial charge in [0.1, 0.15) is 24.0 Å². The molecule has 45 heavy (non-hydrogen) atoms. The monoisotopic (exact) mass is 606 g/mol. The van der Waals surface area contributed by atoms with Crippen LogP contribution in [0.1, 0.15) is 19.5 Å². The fourth-order valence-corrected chi connectivity index (χ4v) is 5.73. The minimum atomic E-state index is -1.28. The van der Waals surface area contributed by atoms with Gasteiger partial charge < -0.3 is 14.5 Å². The molecule has 0 spiro atoms. The maximum absolute atomic E-state index is 14.9. The van der Waals surface area contributed by atoms with Crippen LogP contribution in [0.15, 0.2) is 91.3 Å². The number of rotatable bonds is 8. The Morgan fingerprint density at radius 2 is 1.78 bits per heavy atom. The average Bonchev–Trinajstić information content (AvgIpc) is 3.43. The van der Waals surface area contributed by atoms with Crippen LogP contribution in [0.4, 0.5) is 27.1 Å². The zero-order valence-corrected chi connectivity index (χ0v) is 25.0. The molecule has 3 heterocycles. The third-order valence-corrected chi connectivity index (χ3v) is 7.83. The van der Waals surface area contributed by atoms with E-state index in [1.54, 1.807) is 54.6 Å². The maximum Gasteiger partial charge on any atom is 0.247 e. The second-order valence-corrected chi connectivity index (χ2v) is 11.0. The van der Waals surface area contributed by atoms with E-state index in [4.69, 9.17) is 4.74 Å². The van der Waals surface area contributed by atoms with Crippen LogP contribution in [-0.2, 0) is 20.8 Å². The largest absolute Gasteiger partial charge is 0.497 e. The van der Waals surface area contributed by atoms with Crippen molar-refractivity contribution in [2.24, 2.45) is 5.92 Å². The molecule has 1 aliphatic rings. The highest BCUT2D eigenvalue weighted by atomic mass is 19.1. The number of anilines is 4. The molecule has 6 rings (SSSR count). The van der Waals surface area contributed by atoms with Crippen molar-refractivity contribution in [2.75, 3.05) is 28.4 Å². The molecule has 3 amide bonds. The summed E-state index contributed by atoms with van der Waals surface area (Å²) in [6.45, 7) is 3.34. The van der Waals surface area contributed by atoms with Gasteiger partial charge in [0.2, 0.25) is 17.7 Å². The number of ether oxygens (including phenoxy) is 1. The summed E-state index contributed by atoms with van der Waals surface area (Å²) < 4.78 is 20.1. The summed E-state index contributed by atoms with van der Waals surface area (Å²) in [4.78, 5) is 51.4. The third kappa shape index (κ3) is 5.60. The van der Waals surface area contributed by atoms with Gasteiger partial charge in [0, 0.05) is 35.8 Å². The summed E-state index contributed by atoms with van der Waals surface area (Å²) in [5.74, 6) is -2.82. The number of benzene rings is 3. The van der Waals surface area contributed by atoms with Crippen molar-refractivity contribution in [1.29, 1.82) is 0 Å². The second-order valence-electron chi connectivity index (χ2n) is 11.0. The Hall–Kier alpha value is -5.58. The van der Waals surface area contributed by atoms with Crippen molar-refractivity contribution in [3.63, 3.8) is 0 Å². The van der Waals surface area contributed by atoms with Gasteiger partial charge in [-0.2, -0.15) is 5.10 Å². The van der Waals surface area contributed by atoms with E-state index in [9.17, 15) is 18.8 Å². The number of H-pyrrole nitrogens is 1. The van der Waals surface area contributed by atoms with Crippen LogP contribution in [0.5, 0.6) is 5.75 Å². The minimum Gasteiger partial charge on any atom is -0.497 e. The highest BCUT2D eigenvalue weighted by Crippen LogP contribution is 2.40. The topological polar surface area (TPSA) is 112 Å². The molecule has 0 saturated heterocycles. The van der Waals surface area contributed by atoms with Gasteiger partial charge in [0.05, 0.1) is 41.6 Å². The van der Waals surface area contributed by atoms with Gasteiger partial charge in [0.25, 0.3) is 0 Å². The van der Waals surface area contributed by atoms with Crippen LogP contribution >= 0.6 is 0 Å². The van der Waals surface area contributed by atoms with Crippen molar-refractivity contribution in [1.82, 2.24) is 15.2 Å². The molecule has 0 radical (unpaired) electrons. The third-order valence-electron chi connectivity index (χ3n) is 7.83. The Morgan fingerprint density at radius 3 is 2.49 bits per heavy atom. The van der Waals surface area contributed by atoms with Gasteiger partial charge in [0.15, 0.2) is 0 Å². The lowest BCUT2D eigenvalue weighted by atomic mass is 9.98. The maximum atomic E-state index is 14.9. The van der Waals surface area contributed by atoms with E-state index < -0.39 is 30.1 Å². The number of hydrogen-bond donors (Lipinski definition) is 1. The van der Waals surface area contributed by atoms with E-state index in [0.717, 1.165) is 10.9 Å². The summed E-state index contributed by atoms with van der Waals surface area (Å²) in [7, 11) is 1.56. The van der Waals surface area contributed by atoms with E-state index in [1.165, 1.54) is 34.2 Å².